The number of ether oxygens (including phenoxy) is 1. The van der Waals surface area contributed by atoms with Crippen LogP contribution in [-0.2, 0) is 4.74 Å². The molecule has 20 heavy (non-hydrogen) atoms. The van der Waals surface area contributed by atoms with E-state index in [1.165, 1.54) is 12.7 Å². The van der Waals surface area contributed by atoms with Gasteiger partial charge in [-0.3, -0.25) is 4.57 Å². The maximum atomic E-state index is 10.1. The van der Waals surface area contributed by atoms with Crippen LogP contribution in [-0.4, -0.2) is 60.1 Å². The largest absolute Gasteiger partial charge is 0.387 e. The number of hydrogen-bond donors (Lipinski definition) is 3. The van der Waals surface area contributed by atoms with Crippen LogP contribution in [0.2, 0.25) is 0 Å². The Bertz CT molecular complexity index is 621. The van der Waals surface area contributed by atoms with Crippen molar-refractivity contribution in [2.45, 2.75) is 24.5 Å². The van der Waals surface area contributed by atoms with Crippen molar-refractivity contribution in [3.8, 4) is 0 Å². The van der Waals surface area contributed by atoms with Crippen molar-refractivity contribution in [1.29, 1.82) is 0 Å². The van der Waals surface area contributed by atoms with Gasteiger partial charge in [0, 0.05) is 5.75 Å². The molecule has 4 atom stereocenters. The monoisotopic (exact) mass is 297 g/mol. The lowest BCUT2D eigenvalue weighted by molar-refractivity contribution is -0.0288. The molecule has 0 bridgehead atoms. The molecule has 3 heterocycles. The van der Waals surface area contributed by atoms with E-state index in [0.717, 1.165) is 0 Å². The van der Waals surface area contributed by atoms with Crippen LogP contribution in [0.15, 0.2) is 12.7 Å². The molecule has 0 saturated carbocycles. The molecule has 4 N–H and O–H groups in total. The van der Waals surface area contributed by atoms with E-state index >= 15 is 0 Å². The van der Waals surface area contributed by atoms with Gasteiger partial charge >= 0.3 is 0 Å². The molecule has 9 heteroatoms. The van der Waals surface area contributed by atoms with Crippen LogP contribution in [0.4, 0.5) is 5.82 Å². The van der Waals surface area contributed by atoms with Gasteiger partial charge in [-0.15, -0.1) is 0 Å². The number of nitrogen functional groups attached to an aromatic ring is 1. The zero-order valence-corrected chi connectivity index (χ0v) is 11.6. The van der Waals surface area contributed by atoms with Gasteiger partial charge in [0.2, 0.25) is 0 Å². The summed E-state index contributed by atoms with van der Waals surface area (Å²) in [6.07, 6.45) is 1.58. The Morgan fingerprint density at radius 1 is 1.35 bits per heavy atom. The summed E-state index contributed by atoms with van der Waals surface area (Å²) in [5.41, 5.74) is 6.64. The lowest BCUT2D eigenvalue weighted by Crippen LogP contribution is -2.32. The van der Waals surface area contributed by atoms with Crippen molar-refractivity contribution in [3.05, 3.63) is 12.7 Å². The summed E-state index contributed by atoms with van der Waals surface area (Å²) >= 11 is 1.54. The molecule has 1 aliphatic heterocycles. The number of aliphatic hydroxyl groups is 2. The molecule has 2 aromatic rings. The molecule has 1 saturated heterocycles. The van der Waals surface area contributed by atoms with Crippen molar-refractivity contribution >= 4 is 28.7 Å². The second kappa shape index (κ2) is 5.17. The number of anilines is 1. The summed E-state index contributed by atoms with van der Waals surface area (Å²) < 4.78 is 7.29. The molecule has 0 radical (unpaired) electrons. The number of fused-ring (bicyclic) bond motifs is 1. The van der Waals surface area contributed by atoms with E-state index in [1.807, 2.05) is 6.26 Å². The maximum absolute atomic E-state index is 10.1. The molecular weight excluding hydrogens is 282 g/mol. The zero-order valence-electron chi connectivity index (χ0n) is 10.7. The fourth-order valence-electron chi connectivity index (χ4n) is 2.32. The Morgan fingerprint density at radius 3 is 2.90 bits per heavy atom. The summed E-state index contributed by atoms with van der Waals surface area (Å²) in [6, 6.07) is 0. The first kappa shape index (κ1) is 13.6. The van der Waals surface area contributed by atoms with E-state index in [-0.39, 0.29) is 5.82 Å². The average molecular weight is 297 g/mol. The number of aliphatic hydroxyl groups excluding tert-OH is 2. The van der Waals surface area contributed by atoms with E-state index in [9.17, 15) is 10.2 Å². The number of imidazole rings is 1. The van der Waals surface area contributed by atoms with Crippen molar-refractivity contribution in [2.75, 3.05) is 17.7 Å². The SMILES string of the molecule is CSC[C@H]1O[C@H](n2cnc3c(N)ncnc32)[C@H](O)[C@H]1O. The smallest absolute Gasteiger partial charge is 0.167 e. The fraction of sp³-hybridized carbons (Fsp3) is 0.545. The highest BCUT2D eigenvalue weighted by molar-refractivity contribution is 7.98. The minimum absolute atomic E-state index is 0.266. The first-order valence-electron chi connectivity index (χ1n) is 6.07. The molecule has 0 unspecified atom stereocenters. The Labute approximate surface area is 119 Å². The third-order valence-electron chi connectivity index (χ3n) is 3.33. The number of nitrogens with zero attached hydrogens (tertiary/aromatic N) is 4. The van der Waals surface area contributed by atoms with E-state index < -0.39 is 24.5 Å². The highest BCUT2D eigenvalue weighted by atomic mass is 32.2. The Balaban J connectivity index is 1.97. The minimum Gasteiger partial charge on any atom is -0.387 e. The number of rotatable bonds is 3. The van der Waals surface area contributed by atoms with Gasteiger partial charge in [-0.1, -0.05) is 0 Å². The number of nitrogens with two attached hydrogens (primary N) is 1. The first-order chi connectivity index (χ1) is 9.63. The van der Waals surface area contributed by atoms with Crippen molar-refractivity contribution in [3.63, 3.8) is 0 Å². The van der Waals surface area contributed by atoms with Gasteiger partial charge < -0.3 is 20.7 Å². The van der Waals surface area contributed by atoms with Crippen LogP contribution in [0, 0.1) is 0 Å². The highest BCUT2D eigenvalue weighted by Gasteiger charge is 2.43. The summed E-state index contributed by atoms with van der Waals surface area (Å²) in [5, 5.41) is 20.2. The van der Waals surface area contributed by atoms with Gasteiger partial charge in [-0.25, -0.2) is 15.0 Å². The molecule has 1 fully saturated rings. The molecule has 3 rings (SSSR count). The van der Waals surface area contributed by atoms with E-state index in [2.05, 4.69) is 15.0 Å². The molecule has 0 amide bonds. The Morgan fingerprint density at radius 2 is 2.15 bits per heavy atom. The average Bonchev–Trinajstić information content (AvgIpc) is 2.97. The van der Waals surface area contributed by atoms with E-state index in [1.54, 1.807) is 16.3 Å². The minimum atomic E-state index is -1.04. The number of aromatic nitrogens is 4. The second-order valence-electron chi connectivity index (χ2n) is 4.58. The fourth-order valence-corrected chi connectivity index (χ4v) is 2.92. The van der Waals surface area contributed by atoms with Gasteiger partial charge in [0.25, 0.3) is 0 Å². The standard InChI is InChI=1S/C11H15N5O3S/c1-20-2-5-7(17)8(18)11(19-5)16-4-15-6-9(12)13-3-14-10(6)16/h3-5,7-8,11,17-18H,2H2,1H3,(H2,12,13,14)/t5-,7+,8-,11+/m1/s1. The molecule has 2 aromatic heterocycles. The summed E-state index contributed by atoms with van der Waals surface area (Å²) in [6.45, 7) is 0. The maximum Gasteiger partial charge on any atom is 0.167 e. The second-order valence-corrected chi connectivity index (χ2v) is 5.50. The highest BCUT2D eigenvalue weighted by Crippen LogP contribution is 2.32. The Kier molecular flexibility index (Phi) is 3.50. The molecule has 1 aliphatic rings. The first-order valence-corrected chi connectivity index (χ1v) is 7.46. The summed E-state index contributed by atoms with van der Waals surface area (Å²) in [5.74, 6) is 0.862. The lowest BCUT2D eigenvalue weighted by atomic mass is 10.1. The van der Waals surface area contributed by atoms with Crippen LogP contribution in [0.3, 0.4) is 0 Å². The van der Waals surface area contributed by atoms with Crippen LogP contribution in [0.5, 0.6) is 0 Å². The topological polar surface area (TPSA) is 119 Å². The molecule has 0 aliphatic carbocycles. The van der Waals surface area contributed by atoms with Crippen LogP contribution in [0.25, 0.3) is 11.2 Å². The molecular formula is C11H15N5O3S. The third kappa shape index (κ3) is 2.03. The molecule has 0 spiro atoms. The normalized spacial score (nSPS) is 30.1. The van der Waals surface area contributed by atoms with Crippen molar-refractivity contribution < 1.29 is 14.9 Å². The van der Waals surface area contributed by atoms with Crippen molar-refractivity contribution in [1.82, 2.24) is 19.5 Å². The predicted molar refractivity (Wildman–Crippen MR) is 74.0 cm³/mol. The van der Waals surface area contributed by atoms with Gasteiger partial charge in [0.15, 0.2) is 17.7 Å². The molecule has 8 nitrogen and oxygen atoms in total. The van der Waals surface area contributed by atoms with Crippen molar-refractivity contribution in [2.24, 2.45) is 0 Å². The Hall–Kier alpha value is -1.42. The number of hydrogen-bond acceptors (Lipinski definition) is 8. The quantitative estimate of drug-likeness (QED) is 0.686. The molecule has 0 aromatic carbocycles. The van der Waals surface area contributed by atoms with Gasteiger partial charge in [0.05, 0.1) is 12.4 Å². The summed E-state index contributed by atoms with van der Waals surface area (Å²) in [7, 11) is 0. The zero-order chi connectivity index (χ0) is 14.3. The third-order valence-corrected chi connectivity index (χ3v) is 3.99. The van der Waals surface area contributed by atoms with Crippen LogP contribution >= 0.6 is 11.8 Å². The van der Waals surface area contributed by atoms with Crippen LogP contribution < -0.4 is 5.73 Å². The van der Waals surface area contributed by atoms with Gasteiger partial charge in [0.1, 0.15) is 24.1 Å². The van der Waals surface area contributed by atoms with Gasteiger partial charge in [-0.05, 0) is 6.26 Å². The molecule has 108 valence electrons. The lowest BCUT2D eigenvalue weighted by Gasteiger charge is -2.16. The summed E-state index contributed by atoms with van der Waals surface area (Å²) in [4.78, 5) is 12.1. The van der Waals surface area contributed by atoms with Crippen LogP contribution in [0.1, 0.15) is 6.23 Å². The predicted octanol–water partition coefficient (Wildman–Crippen LogP) is -0.609. The van der Waals surface area contributed by atoms with E-state index in [4.69, 9.17) is 10.5 Å². The van der Waals surface area contributed by atoms with E-state index in [0.29, 0.717) is 16.9 Å². The number of thioether (sulfide) groups is 1. The van der Waals surface area contributed by atoms with Gasteiger partial charge in [-0.2, -0.15) is 11.8 Å².